The van der Waals surface area contributed by atoms with Gasteiger partial charge in [-0.25, -0.2) is 4.39 Å². The number of benzene rings is 1. The third kappa shape index (κ3) is 3.70. The fraction of sp³-hybridized carbons (Fsp3) is 0.625. The summed E-state index contributed by atoms with van der Waals surface area (Å²) in [6, 6.07) is 5.37. The number of hydrogen-bond donors (Lipinski definition) is 1. The normalized spacial score (nSPS) is 16.6. The molecule has 20 heavy (non-hydrogen) atoms. The number of halogens is 1. The highest BCUT2D eigenvalue weighted by molar-refractivity contribution is 5.54. The Morgan fingerprint density at radius 1 is 1.30 bits per heavy atom. The lowest BCUT2D eigenvalue weighted by atomic mass is 10.0. The monoisotopic (exact) mass is 280 g/mol. The molecule has 0 aliphatic carbocycles. The van der Waals surface area contributed by atoms with Gasteiger partial charge in [0.15, 0.2) is 0 Å². The summed E-state index contributed by atoms with van der Waals surface area (Å²) in [6.45, 7) is 8.16. The Morgan fingerprint density at radius 2 is 2.05 bits per heavy atom. The first-order valence-corrected chi connectivity index (χ1v) is 7.60. The zero-order valence-electron chi connectivity index (χ0n) is 12.5. The molecule has 0 bridgehead atoms. The molecule has 0 saturated carbocycles. The van der Waals surface area contributed by atoms with Gasteiger partial charge < -0.3 is 15.0 Å². The van der Waals surface area contributed by atoms with Crippen molar-refractivity contribution in [1.29, 1.82) is 0 Å². The molecule has 4 heteroatoms. The van der Waals surface area contributed by atoms with Crippen molar-refractivity contribution in [2.75, 3.05) is 31.1 Å². The number of nitrogens with one attached hydrogen (secondary N) is 1. The zero-order valence-corrected chi connectivity index (χ0v) is 12.5. The molecule has 0 amide bonds. The van der Waals surface area contributed by atoms with Crippen molar-refractivity contribution < 1.29 is 9.13 Å². The highest BCUT2D eigenvalue weighted by Gasteiger charge is 2.22. The maximum Gasteiger partial charge on any atom is 0.129 e. The van der Waals surface area contributed by atoms with Gasteiger partial charge in [-0.15, -0.1) is 0 Å². The highest BCUT2D eigenvalue weighted by Crippen LogP contribution is 2.27. The Hall–Kier alpha value is -1.13. The van der Waals surface area contributed by atoms with Gasteiger partial charge in [0.1, 0.15) is 5.82 Å². The van der Waals surface area contributed by atoms with Crippen LogP contribution >= 0.6 is 0 Å². The van der Waals surface area contributed by atoms with Crippen molar-refractivity contribution in [2.45, 2.75) is 39.3 Å². The van der Waals surface area contributed by atoms with E-state index < -0.39 is 0 Å². The number of rotatable bonds is 6. The van der Waals surface area contributed by atoms with Crippen LogP contribution in [0.4, 0.5) is 10.1 Å². The summed E-state index contributed by atoms with van der Waals surface area (Å²) in [5.74, 6) is -0.115. The number of ether oxygens (including phenoxy) is 1. The molecule has 112 valence electrons. The lowest BCUT2D eigenvalue weighted by molar-refractivity contribution is 0.0459. The third-order valence-corrected chi connectivity index (χ3v) is 3.83. The minimum absolute atomic E-state index is 0.115. The molecule has 1 heterocycles. The second kappa shape index (κ2) is 7.60. The minimum Gasteiger partial charge on any atom is -0.378 e. The molecule has 0 aromatic heterocycles. The maximum atomic E-state index is 14.0. The molecule has 3 nitrogen and oxygen atoms in total. The summed E-state index contributed by atoms with van der Waals surface area (Å²) in [7, 11) is 0. The molecule has 1 aromatic rings. The summed E-state index contributed by atoms with van der Waals surface area (Å²) < 4.78 is 19.7. The summed E-state index contributed by atoms with van der Waals surface area (Å²) in [5, 5.41) is 3.22. The largest absolute Gasteiger partial charge is 0.378 e. The molecule has 1 aromatic carbocycles. The van der Waals surface area contributed by atoms with Crippen LogP contribution in [0.15, 0.2) is 18.2 Å². The fourth-order valence-corrected chi connectivity index (χ4v) is 2.77. The van der Waals surface area contributed by atoms with Crippen molar-refractivity contribution in [2.24, 2.45) is 0 Å². The summed E-state index contributed by atoms with van der Waals surface area (Å²) >= 11 is 0. The van der Waals surface area contributed by atoms with Gasteiger partial charge in [0.25, 0.3) is 0 Å². The van der Waals surface area contributed by atoms with Crippen molar-refractivity contribution in [3.63, 3.8) is 0 Å². The van der Waals surface area contributed by atoms with Crippen LogP contribution in [-0.2, 0) is 11.3 Å². The van der Waals surface area contributed by atoms with E-state index in [1.54, 1.807) is 12.1 Å². The van der Waals surface area contributed by atoms with E-state index in [0.29, 0.717) is 12.6 Å². The first-order valence-electron chi connectivity index (χ1n) is 7.60. The van der Waals surface area contributed by atoms with E-state index in [9.17, 15) is 4.39 Å². The minimum atomic E-state index is -0.115. The molecule has 0 atom stereocenters. The molecule has 1 N–H and O–H groups in total. The predicted octanol–water partition coefficient (Wildman–Crippen LogP) is 2.94. The zero-order chi connectivity index (χ0) is 14.4. The molecule has 1 aliphatic rings. The molecule has 0 spiro atoms. The smallest absolute Gasteiger partial charge is 0.129 e. The van der Waals surface area contributed by atoms with E-state index in [4.69, 9.17) is 4.74 Å². The number of hydrogen-bond acceptors (Lipinski definition) is 3. The fourth-order valence-electron chi connectivity index (χ4n) is 2.77. The van der Waals surface area contributed by atoms with E-state index in [1.165, 1.54) is 0 Å². The Bertz CT molecular complexity index is 417. The van der Waals surface area contributed by atoms with E-state index in [-0.39, 0.29) is 5.82 Å². The maximum absolute atomic E-state index is 14.0. The lowest BCUT2D eigenvalue weighted by Gasteiger charge is -2.34. The van der Waals surface area contributed by atoms with Crippen molar-refractivity contribution in [1.82, 2.24) is 5.32 Å². The van der Waals surface area contributed by atoms with Gasteiger partial charge in [0.2, 0.25) is 0 Å². The van der Waals surface area contributed by atoms with E-state index in [0.717, 1.165) is 50.3 Å². The van der Waals surface area contributed by atoms with Gasteiger partial charge in [-0.3, -0.25) is 0 Å². The topological polar surface area (TPSA) is 24.5 Å². The van der Waals surface area contributed by atoms with Crippen LogP contribution < -0.4 is 10.2 Å². The van der Waals surface area contributed by atoms with Gasteiger partial charge in [-0.05, 0) is 38.4 Å². The third-order valence-electron chi connectivity index (χ3n) is 3.83. The van der Waals surface area contributed by atoms with Gasteiger partial charge in [-0.1, -0.05) is 13.0 Å². The van der Waals surface area contributed by atoms with Gasteiger partial charge in [-0.2, -0.15) is 0 Å². The molecule has 2 rings (SSSR count). The molecule has 0 unspecified atom stereocenters. The molecular formula is C16H25FN2O. The first kappa shape index (κ1) is 15.3. The molecule has 0 radical (unpaired) electrons. The van der Waals surface area contributed by atoms with Crippen molar-refractivity contribution in [3.05, 3.63) is 29.6 Å². The van der Waals surface area contributed by atoms with E-state index >= 15 is 0 Å². The van der Waals surface area contributed by atoms with Gasteiger partial charge in [0, 0.05) is 37.5 Å². The highest BCUT2D eigenvalue weighted by atomic mass is 19.1. The van der Waals surface area contributed by atoms with Crippen LogP contribution in [-0.4, -0.2) is 32.3 Å². The average Bonchev–Trinajstić information content (AvgIpc) is 2.47. The predicted molar refractivity (Wildman–Crippen MR) is 80.6 cm³/mol. The van der Waals surface area contributed by atoms with Crippen LogP contribution in [0.5, 0.6) is 0 Å². The molecule has 1 fully saturated rings. The molecular weight excluding hydrogens is 255 g/mol. The molecule has 1 aliphatic heterocycles. The van der Waals surface area contributed by atoms with E-state index in [2.05, 4.69) is 10.2 Å². The Balaban J connectivity index is 2.07. The number of nitrogens with zero attached hydrogens (tertiary/aromatic N) is 1. The van der Waals surface area contributed by atoms with Gasteiger partial charge in [0.05, 0.1) is 6.10 Å². The second-order valence-electron chi connectivity index (χ2n) is 5.16. The number of piperidine rings is 1. The van der Waals surface area contributed by atoms with Crippen LogP contribution in [0.25, 0.3) is 0 Å². The molecule has 1 saturated heterocycles. The summed E-state index contributed by atoms with van der Waals surface area (Å²) in [6.07, 6.45) is 2.40. The Labute approximate surface area is 121 Å². The van der Waals surface area contributed by atoms with Crippen LogP contribution in [0.1, 0.15) is 32.3 Å². The van der Waals surface area contributed by atoms with Crippen LogP contribution in [0, 0.1) is 5.82 Å². The quantitative estimate of drug-likeness (QED) is 0.867. The number of anilines is 1. The Morgan fingerprint density at radius 3 is 2.70 bits per heavy atom. The SMILES string of the molecule is CCNCc1c(F)cccc1N1CCC(OCC)CC1. The van der Waals surface area contributed by atoms with Crippen molar-refractivity contribution >= 4 is 5.69 Å². The lowest BCUT2D eigenvalue weighted by Crippen LogP contribution is -2.38. The van der Waals surface area contributed by atoms with Crippen LogP contribution in [0.3, 0.4) is 0 Å². The summed E-state index contributed by atoms with van der Waals surface area (Å²) in [4.78, 5) is 2.28. The van der Waals surface area contributed by atoms with Gasteiger partial charge >= 0.3 is 0 Å². The van der Waals surface area contributed by atoms with Crippen LogP contribution in [0.2, 0.25) is 0 Å². The average molecular weight is 280 g/mol. The van der Waals surface area contributed by atoms with E-state index in [1.807, 2.05) is 19.9 Å². The van der Waals surface area contributed by atoms with Crippen molar-refractivity contribution in [3.8, 4) is 0 Å². The standard InChI is InChI=1S/C16H25FN2O/c1-3-18-12-14-15(17)6-5-7-16(14)19-10-8-13(9-11-19)20-4-2/h5-7,13,18H,3-4,8-12H2,1-2H3. The first-order chi connectivity index (χ1) is 9.76. The Kier molecular flexibility index (Phi) is 5.80. The summed E-state index contributed by atoms with van der Waals surface area (Å²) in [5.41, 5.74) is 1.81. The second-order valence-corrected chi connectivity index (χ2v) is 5.16.